The molecule has 0 radical (unpaired) electrons. The van der Waals surface area contributed by atoms with Crippen molar-refractivity contribution >= 4 is 0 Å². The van der Waals surface area contributed by atoms with Crippen molar-refractivity contribution in [3.05, 3.63) is 0 Å². The van der Waals surface area contributed by atoms with Crippen LogP contribution in [0.4, 0.5) is 0 Å². The average molecular weight is 677 g/mol. The monoisotopic (exact) mass is 676 g/mol. The minimum atomic E-state index is -0.135. The minimum absolute atomic E-state index is 0. The van der Waals surface area contributed by atoms with E-state index in [9.17, 15) is 5.11 Å². The number of hydrogen-bond acceptors (Lipinski definition) is 3. The Morgan fingerprint density at radius 2 is 0.652 bits per heavy atom. The summed E-state index contributed by atoms with van der Waals surface area (Å²) in [7, 11) is 2.12. The highest BCUT2D eigenvalue weighted by Crippen LogP contribution is 2.15. The number of rotatable bonds is 40. The van der Waals surface area contributed by atoms with E-state index in [-0.39, 0.29) is 25.3 Å². The van der Waals surface area contributed by atoms with Crippen LogP contribution in [0, 0.1) is 0 Å². The molecular weight excluding hydrogens is 590 g/mol. The van der Waals surface area contributed by atoms with E-state index in [2.05, 4.69) is 20.9 Å². The number of hydrogen-bond donors (Lipinski definition) is 2. The Morgan fingerprint density at radius 3 is 0.891 bits per heavy atom. The van der Waals surface area contributed by atoms with Crippen LogP contribution in [0.5, 0.6) is 0 Å². The van der Waals surface area contributed by atoms with Crippen LogP contribution in [-0.4, -0.2) is 51.4 Å². The normalized spacial score (nSPS) is 12.2. The van der Waals surface area contributed by atoms with Gasteiger partial charge in [-0.3, -0.25) is 0 Å². The van der Waals surface area contributed by atoms with Crippen LogP contribution in [0.2, 0.25) is 0 Å². The maximum absolute atomic E-state index is 9.31. The summed E-state index contributed by atoms with van der Waals surface area (Å²) in [4.78, 5) is 1.28. The second-order valence-corrected chi connectivity index (χ2v) is 14.4. The average Bonchev–Trinajstić information content (AvgIpc) is 3.03. The Labute approximate surface area is 296 Å². The number of aliphatic hydroxyl groups excluding tert-OH is 1. The summed E-state index contributed by atoms with van der Waals surface area (Å²) in [6.45, 7) is 7.98. The molecule has 0 aliphatic heterocycles. The zero-order chi connectivity index (χ0) is 32.7. The van der Waals surface area contributed by atoms with Gasteiger partial charge in [0, 0.05) is 13.2 Å². The molecule has 0 aromatic carbocycles. The van der Waals surface area contributed by atoms with Crippen LogP contribution in [0.25, 0.3) is 0 Å². The van der Waals surface area contributed by atoms with E-state index >= 15 is 0 Å². The molecule has 0 aliphatic rings. The summed E-state index contributed by atoms with van der Waals surface area (Å²) in [6.07, 6.45) is 44.4. The second kappa shape index (κ2) is 43.2. The quantitative estimate of drug-likeness (QED) is 0.0507. The van der Waals surface area contributed by atoms with Gasteiger partial charge in [-0.05, 0) is 12.8 Å². The largest absolute Gasteiger partial charge is 1.00 e. The maximum atomic E-state index is 9.31. The molecule has 0 saturated carbocycles. The van der Waals surface area contributed by atoms with E-state index in [1.54, 1.807) is 0 Å². The highest BCUT2D eigenvalue weighted by Gasteiger charge is 2.15. The van der Waals surface area contributed by atoms with Crippen molar-refractivity contribution in [3.8, 4) is 0 Å². The lowest BCUT2D eigenvalue weighted by molar-refractivity contribution is -0.886. The van der Waals surface area contributed by atoms with Crippen LogP contribution in [0.3, 0.4) is 0 Å². The van der Waals surface area contributed by atoms with Gasteiger partial charge in [-0.2, -0.15) is 0 Å². The van der Waals surface area contributed by atoms with Gasteiger partial charge in [0.15, 0.2) is 0 Å². The van der Waals surface area contributed by atoms with Crippen LogP contribution >= 0.6 is 0 Å². The molecule has 0 aromatic heterocycles. The molecule has 46 heavy (non-hydrogen) atoms. The number of nitrogens with one attached hydrogen (secondary N) is 1. The van der Waals surface area contributed by atoms with Gasteiger partial charge in [0.25, 0.3) is 0 Å². The van der Waals surface area contributed by atoms with Crippen LogP contribution in [0.15, 0.2) is 0 Å². The molecule has 0 fully saturated rings. The summed E-state index contributed by atoms with van der Waals surface area (Å²) < 4.78 is 12.4. The first-order chi connectivity index (χ1) is 22.2. The Kier molecular flexibility index (Phi) is 45.3. The molecule has 0 aliphatic carbocycles. The number of aliphatic hydroxyl groups is 1. The lowest BCUT2D eigenvalue weighted by Crippen LogP contribution is -3.10. The maximum Gasteiger partial charge on any atom is 0.207 e. The summed E-state index contributed by atoms with van der Waals surface area (Å²) in [6, 6.07) is 0. The summed E-state index contributed by atoms with van der Waals surface area (Å²) in [5.74, 6) is 0. The van der Waals surface area contributed by atoms with Gasteiger partial charge in [0.1, 0.15) is 13.1 Å². The molecule has 5 heteroatoms. The third-order valence-electron chi connectivity index (χ3n) is 9.66. The molecule has 0 spiro atoms. The molecule has 1 atom stereocenters. The summed E-state index contributed by atoms with van der Waals surface area (Å²) in [5.41, 5.74) is 0. The first kappa shape index (κ1) is 48.2. The standard InChI is InChI=1S/C41H85NO3.ClH/c1-4-6-8-10-12-14-16-18-20-22-24-26-28-30-32-34-38-44-41(40-42(3)36-37-43)45-39-35-33-31-29-27-25-23-21-19-17-15-13-11-9-7-5-2;/h41,43H,4-40H2,1-3H3;1H. The lowest BCUT2D eigenvalue weighted by atomic mass is 10.0. The Balaban J connectivity index is 0. The smallest absolute Gasteiger partial charge is 0.207 e. The predicted octanol–water partition coefficient (Wildman–Crippen LogP) is 8.38. The van der Waals surface area contributed by atoms with Crippen molar-refractivity contribution in [2.75, 3.05) is 40.0 Å². The van der Waals surface area contributed by atoms with Crippen LogP contribution in [-0.2, 0) is 9.47 Å². The fraction of sp³-hybridized carbons (Fsp3) is 1.00. The number of unbranched alkanes of at least 4 members (excludes halogenated alkanes) is 30. The van der Waals surface area contributed by atoms with Crippen LogP contribution in [0.1, 0.15) is 219 Å². The molecule has 0 amide bonds. The van der Waals surface area contributed by atoms with Gasteiger partial charge in [-0.25, -0.2) is 0 Å². The number of ether oxygens (including phenoxy) is 2. The van der Waals surface area contributed by atoms with E-state index < -0.39 is 0 Å². The summed E-state index contributed by atoms with van der Waals surface area (Å²) in [5, 5.41) is 9.31. The second-order valence-electron chi connectivity index (χ2n) is 14.4. The first-order valence-corrected chi connectivity index (χ1v) is 20.9. The van der Waals surface area contributed by atoms with Gasteiger partial charge >= 0.3 is 0 Å². The van der Waals surface area contributed by atoms with Crippen molar-refractivity contribution in [1.29, 1.82) is 0 Å². The van der Waals surface area contributed by atoms with Gasteiger partial charge in [0.05, 0.1) is 13.7 Å². The van der Waals surface area contributed by atoms with E-state index in [4.69, 9.17) is 9.47 Å². The molecule has 280 valence electrons. The highest BCUT2D eigenvalue weighted by atomic mass is 35.5. The number of quaternary nitrogens is 1. The zero-order valence-electron chi connectivity index (χ0n) is 31.9. The summed E-state index contributed by atoms with van der Waals surface area (Å²) >= 11 is 0. The van der Waals surface area contributed by atoms with E-state index in [1.807, 2.05) is 0 Å². The zero-order valence-corrected chi connectivity index (χ0v) is 32.6. The Hall–Kier alpha value is 0.130. The fourth-order valence-electron chi connectivity index (χ4n) is 6.47. The van der Waals surface area contributed by atoms with Crippen molar-refractivity contribution in [3.63, 3.8) is 0 Å². The van der Waals surface area contributed by atoms with Gasteiger partial charge in [-0.15, -0.1) is 0 Å². The third-order valence-corrected chi connectivity index (χ3v) is 9.66. The van der Waals surface area contributed by atoms with Crippen molar-refractivity contribution in [2.45, 2.75) is 226 Å². The highest BCUT2D eigenvalue weighted by molar-refractivity contribution is 4.52. The number of halogens is 1. The Morgan fingerprint density at radius 1 is 0.413 bits per heavy atom. The van der Waals surface area contributed by atoms with Gasteiger partial charge < -0.3 is 31.9 Å². The van der Waals surface area contributed by atoms with E-state index in [0.29, 0.717) is 0 Å². The molecule has 0 bridgehead atoms. The van der Waals surface area contributed by atoms with Crippen LogP contribution < -0.4 is 17.3 Å². The molecular formula is C41H86ClNO3. The minimum Gasteiger partial charge on any atom is -1.00 e. The third kappa shape index (κ3) is 40.3. The molecule has 2 N–H and O–H groups in total. The fourth-order valence-corrected chi connectivity index (χ4v) is 6.47. The first-order valence-electron chi connectivity index (χ1n) is 20.9. The van der Waals surface area contributed by atoms with Gasteiger partial charge in [-0.1, -0.05) is 206 Å². The van der Waals surface area contributed by atoms with E-state index in [1.165, 1.54) is 198 Å². The molecule has 0 saturated heterocycles. The van der Waals surface area contributed by atoms with E-state index in [0.717, 1.165) is 39.1 Å². The predicted molar refractivity (Wildman–Crippen MR) is 198 cm³/mol. The Bertz CT molecular complexity index is 486. The SMILES string of the molecule is CCCCCCCCCCCCCCCCCCOC(C[NH+](C)CCO)OCCCCCCCCCCCCCCCCCC.[Cl-]. The molecule has 0 aromatic rings. The number of likely N-dealkylation sites (N-methyl/N-ethyl adjacent to an activating group) is 1. The lowest BCUT2D eigenvalue weighted by Gasteiger charge is -2.22. The molecule has 0 rings (SSSR count). The van der Waals surface area contributed by atoms with Crippen molar-refractivity contribution < 1.29 is 31.9 Å². The van der Waals surface area contributed by atoms with Crippen molar-refractivity contribution in [1.82, 2.24) is 0 Å². The topological polar surface area (TPSA) is 43.1 Å². The van der Waals surface area contributed by atoms with Gasteiger partial charge in [0.2, 0.25) is 6.29 Å². The molecule has 1 unspecified atom stereocenters. The van der Waals surface area contributed by atoms with Crippen molar-refractivity contribution in [2.24, 2.45) is 0 Å². The molecule has 4 nitrogen and oxygen atoms in total. The molecule has 0 heterocycles.